The summed E-state index contributed by atoms with van der Waals surface area (Å²) in [6.07, 6.45) is 3.30. The van der Waals surface area contributed by atoms with Crippen LogP contribution in [0.15, 0.2) is 91.3 Å². The lowest BCUT2D eigenvalue weighted by molar-refractivity contribution is -0.0276. The van der Waals surface area contributed by atoms with Crippen molar-refractivity contribution >= 4 is 22.8 Å². The molecular weight excluding hydrogens is 567 g/mol. The number of halogens is 1. The van der Waals surface area contributed by atoms with E-state index >= 15 is 0 Å². The average Bonchev–Trinajstić information content (AvgIpc) is 3.41. The van der Waals surface area contributed by atoms with Crippen LogP contribution in [0.25, 0.3) is 39.5 Å². The quantitative estimate of drug-likeness (QED) is 0.288. The Hall–Kier alpha value is -5.73. The third kappa shape index (κ3) is 4.81. The topological polar surface area (TPSA) is 126 Å². The van der Waals surface area contributed by atoms with Gasteiger partial charge in [-0.2, -0.15) is 5.26 Å². The number of benzene rings is 2. The lowest BCUT2D eigenvalue weighted by Crippen LogP contribution is -2.72. The first-order valence-corrected chi connectivity index (χ1v) is 14.6. The van der Waals surface area contributed by atoms with Crippen LogP contribution in [0.5, 0.6) is 0 Å². The van der Waals surface area contributed by atoms with Crippen LogP contribution < -0.4 is 10.6 Å². The van der Waals surface area contributed by atoms with E-state index in [0.29, 0.717) is 22.9 Å². The van der Waals surface area contributed by atoms with Crippen molar-refractivity contribution in [2.24, 2.45) is 5.41 Å². The standard InChI is InChI=1S/C34H27FN10/c35-24-7-5-23(6-8-24)27-11-12-28-33(40-27)45(32(41-28)26-2-1-14-39-31(26)37)25-9-3-22(4-10-25)17-43-18-34(19-43)20-44(21-34)30-13-15-38-29(16-36)42-30/h1-15H,17-21H2,(H2,37,39). The number of pyridine rings is 2. The number of nitrogens with zero attached hydrogens (tertiary/aromatic N) is 9. The first kappa shape index (κ1) is 26.9. The van der Waals surface area contributed by atoms with Crippen LogP contribution >= 0.6 is 0 Å². The fourth-order valence-corrected chi connectivity index (χ4v) is 6.50. The summed E-state index contributed by atoms with van der Waals surface area (Å²) in [5.74, 6) is 1.77. The molecule has 0 atom stereocenters. The number of hydrogen-bond acceptors (Lipinski definition) is 9. The maximum absolute atomic E-state index is 13.6. The molecule has 0 unspecified atom stereocenters. The van der Waals surface area contributed by atoms with E-state index in [1.807, 2.05) is 41.0 Å². The van der Waals surface area contributed by atoms with Crippen molar-refractivity contribution in [2.75, 3.05) is 36.8 Å². The van der Waals surface area contributed by atoms with Gasteiger partial charge in [-0.05, 0) is 72.3 Å². The Labute approximate surface area is 258 Å². The molecule has 10 nitrogen and oxygen atoms in total. The molecule has 6 heterocycles. The lowest BCUT2D eigenvalue weighted by atomic mass is 9.72. The minimum absolute atomic E-state index is 0.205. The van der Waals surface area contributed by atoms with Gasteiger partial charge in [-0.1, -0.05) is 12.1 Å². The van der Waals surface area contributed by atoms with Crippen molar-refractivity contribution in [3.63, 3.8) is 0 Å². The third-order valence-electron chi connectivity index (χ3n) is 8.56. The molecule has 4 aromatic heterocycles. The fraction of sp³-hybridized carbons (Fsp3) is 0.176. The molecule has 2 saturated heterocycles. The van der Waals surface area contributed by atoms with Gasteiger partial charge in [0.2, 0.25) is 5.82 Å². The second-order valence-electron chi connectivity index (χ2n) is 11.8. The number of aromatic nitrogens is 6. The maximum Gasteiger partial charge on any atom is 0.234 e. The van der Waals surface area contributed by atoms with Gasteiger partial charge in [0.15, 0.2) is 11.5 Å². The number of hydrogen-bond donors (Lipinski definition) is 1. The SMILES string of the molecule is N#Cc1nccc(N2CC3(CN(Cc4ccc(-n5c(-c6cccnc6N)nc6ccc(-c7ccc(F)cc7)nc65)cc4)C3)C2)n1. The summed E-state index contributed by atoms with van der Waals surface area (Å²) in [7, 11) is 0. The lowest BCUT2D eigenvalue weighted by Gasteiger charge is -2.60. The highest BCUT2D eigenvalue weighted by atomic mass is 19.1. The van der Waals surface area contributed by atoms with Crippen LogP contribution in [0.1, 0.15) is 11.4 Å². The molecular formula is C34H27FN10. The van der Waals surface area contributed by atoms with E-state index in [2.05, 4.69) is 49.0 Å². The number of nitriles is 1. The molecule has 11 heteroatoms. The van der Waals surface area contributed by atoms with Gasteiger partial charge < -0.3 is 10.6 Å². The molecule has 0 saturated carbocycles. The van der Waals surface area contributed by atoms with Crippen molar-refractivity contribution in [1.82, 2.24) is 34.4 Å². The molecule has 45 heavy (non-hydrogen) atoms. The normalized spacial score (nSPS) is 15.5. The van der Waals surface area contributed by atoms with Gasteiger partial charge >= 0.3 is 0 Å². The molecule has 0 bridgehead atoms. The summed E-state index contributed by atoms with van der Waals surface area (Å²) in [5.41, 5.74) is 12.3. The van der Waals surface area contributed by atoms with E-state index in [1.165, 1.54) is 17.7 Å². The number of fused-ring (bicyclic) bond motifs is 1. The molecule has 220 valence electrons. The molecule has 2 aromatic carbocycles. The Balaban J connectivity index is 1.04. The Morgan fingerprint density at radius 1 is 0.844 bits per heavy atom. The van der Waals surface area contributed by atoms with E-state index < -0.39 is 0 Å². The maximum atomic E-state index is 13.6. The zero-order chi connectivity index (χ0) is 30.5. The minimum Gasteiger partial charge on any atom is -0.383 e. The summed E-state index contributed by atoms with van der Waals surface area (Å²) >= 11 is 0. The molecule has 2 fully saturated rings. The third-order valence-corrected chi connectivity index (χ3v) is 8.56. The summed E-state index contributed by atoms with van der Waals surface area (Å²) in [6, 6.07) is 26.2. The predicted molar refractivity (Wildman–Crippen MR) is 169 cm³/mol. The highest BCUT2D eigenvalue weighted by Crippen LogP contribution is 2.42. The minimum atomic E-state index is -0.292. The van der Waals surface area contributed by atoms with Crippen LogP contribution in [0, 0.1) is 22.6 Å². The molecule has 6 aromatic rings. The van der Waals surface area contributed by atoms with Gasteiger partial charge in [-0.25, -0.2) is 29.3 Å². The second kappa shape index (κ2) is 10.5. The molecule has 1 spiro atoms. The number of nitrogens with two attached hydrogens (primary N) is 1. The average molecular weight is 595 g/mol. The first-order chi connectivity index (χ1) is 22.0. The zero-order valence-corrected chi connectivity index (χ0v) is 24.2. The molecule has 2 aliphatic rings. The number of anilines is 2. The van der Waals surface area contributed by atoms with Crippen LogP contribution in [-0.4, -0.2) is 60.6 Å². The van der Waals surface area contributed by atoms with Crippen LogP contribution in [0.4, 0.5) is 16.0 Å². The summed E-state index contributed by atoms with van der Waals surface area (Å²) < 4.78 is 15.6. The summed E-state index contributed by atoms with van der Waals surface area (Å²) in [4.78, 5) is 27.2. The van der Waals surface area contributed by atoms with Gasteiger partial charge in [0.05, 0.1) is 11.3 Å². The monoisotopic (exact) mass is 594 g/mol. The van der Waals surface area contributed by atoms with Gasteiger partial charge in [-0.3, -0.25) is 9.47 Å². The number of imidazole rings is 1. The van der Waals surface area contributed by atoms with Crippen molar-refractivity contribution in [1.29, 1.82) is 5.26 Å². The van der Waals surface area contributed by atoms with Gasteiger partial charge in [0.1, 0.15) is 29.0 Å². The molecule has 0 aliphatic carbocycles. The highest BCUT2D eigenvalue weighted by molar-refractivity contribution is 5.84. The van der Waals surface area contributed by atoms with Crippen LogP contribution in [-0.2, 0) is 6.54 Å². The van der Waals surface area contributed by atoms with E-state index in [1.54, 1.807) is 24.5 Å². The number of nitrogen functional groups attached to an aromatic ring is 1. The van der Waals surface area contributed by atoms with E-state index in [4.69, 9.17) is 21.0 Å². The predicted octanol–water partition coefficient (Wildman–Crippen LogP) is 4.85. The van der Waals surface area contributed by atoms with Crippen molar-refractivity contribution < 1.29 is 4.39 Å². The molecule has 0 amide bonds. The zero-order valence-electron chi connectivity index (χ0n) is 24.2. The largest absolute Gasteiger partial charge is 0.383 e. The molecule has 0 radical (unpaired) electrons. The van der Waals surface area contributed by atoms with E-state index in [0.717, 1.165) is 61.0 Å². The summed E-state index contributed by atoms with van der Waals surface area (Å²) in [6.45, 7) is 4.77. The van der Waals surface area contributed by atoms with E-state index in [-0.39, 0.29) is 17.1 Å². The number of rotatable bonds is 6. The fourth-order valence-electron chi connectivity index (χ4n) is 6.50. The van der Waals surface area contributed by atoms with E-state index in [9.17, 15) is 4.39 Å². The Kier molecular flexibility index (Phi) is 6.25. The Morgan fingerprint density at radius 3 is 2.40 bits per heavy atom. The van der Waals surface area contributed by atoms with Gasteiger partial charge in [-0.15, -0.1) is 0 Å². The van der Waals surface area contributed by atoms with Crippen molar-refractivity contribution in [3.05, 3.63) is 108 Å². The Morgan fingerprint density at radius 2 is 1.64 bits per heavy atom. The molecule has 8 rings (SSSR count). The second-order valence-corrected chi connectivity index (χ2v) is 11.8. The van der Waals surface area contributed by atoms with Gasteiger partial charge in [0.25, 0.3) is 0 Å². The van der Waals surface area contributed by atoms with Gasteiger partial charge in [0, 0.05) is 61.8 Å². The smallest absolute Gasteiger partial charge is 0.234 e. The summed E-state index contributed by atoms with van der Waals surface area (Å²) in [5, 5.41) is 9.10. The van der Waals surface area contributed by atoms with Crippen LogP contribution in [0.3, 0.4) is 0 Å². The molecule has 2 aliphatic heterocycles. The first-order valence-electron chi connectivity index (χ1n) is 14.6. The van der Waals surface area contributed by atoms with Crippen molar-refractivity contribution in [3.8, 4) is 34.4 Å². The highest BCUT2D eigenvalue weighted by Gasteiger charge is 2.51. The molecule has 2 N–H and O–H groups in total. The Bertz CT molecular complexity index is 2090. The van der Waals surface area contributed by atoms with Crippen LogP contribution in [0.2, 0.25) is 0 Å². The van der Waals surface area contributed by atoms with Crippen molar-refractivity contribution in [2.45, 2.75) is 6.54 Å². The number of likely N-dealkylation sites (tertiary alicyclic amines) is 1.